The van der Waals surface area contributed by atoms with E-state index >= 15 is 0 Å². The number of hydrogen-bond donors (Lipinski definition) is 2. The maximum absolute atomic E-state index is 12.5. The Morgan fingerprint density at radius 2 is 2.18 bits per heavy atom. The minimum atomic E-state index is -3.34. The summed E-state index contributed by atoms with van der Waals surface area (Å²) in [6.07, 6.45) is -3.36. The largest absolute Gasteiger partial charge is 0.393 e. The molecule has 1 unspecified atom stereocenters. The second-order valence-corrected chi connectivity index (χ2v) is 2.29. The van der Waals surface area contributed by atoms with Gasteiger partial charge in [0.15, 0.2) is 6.10 Å². The summed E-state index contributed by atoms with van der Waals surface area (Å²) >= 11 is 0. The van der Waals surface area contributed by atoms with Crippen molar-refractivity contribution >= 4 is 0 Å². The molecule has 6 heteroatoms. The molecule has 0 saturated carbocycles. The van der Waals surface area contributed by atoms with Gasteiger partial charge in [0.1, 0.15) is 12.7 Å². The SMILES string of the molecule is OC[C@H]1OOCC(F)(F)C1O. The van der Waals surface area contributed by atoms with Crippen molar-refractivity contribution in [2.45, 2.75) is 18.1 Å². The first-order valence-corrected chi connectivity index (χ1v) is 3.03. The predicted octanol–water partition coefficient (Wildman–Crippen LogP) is -0.695. The van der Waals surface area contributed by atoms with Crippen LogP contribution in [0.1, 0.15) is 0 Å². The van der Waals surface area contributed by atoms with Crippen LogP contribution < -0.4 is 0 Å². The lowest BCUT2D eigenvalue weighted by Gasteiger charge is -2.31. The van der Waals surface area contributed by atoms with Gasteiger partial charge in [-0.05, 0) is 0 Å². The zero-order valence-corrected chi connectivity index (χ0v) is 5.54. The summed E-state index contributed by atoms with van der Waals surface area (Å²) in [7, 11) is 0. The molecule has 1 heterocycles. The van der Waals surface area contributed by atoms with Crippen LogP contribution in [-0.2, 0) is 9.78 Å². The second-order valence-electron chi connectivity index (χ2n) is 2.29. The third kappa shape index (κ3) is 1.64. The number of aliphatic hydroxyl groups excluding tert-OH is 2. The number of aliphatic hydroxyl groups is 2. The fraction of sp³-hybridized carbons (Fsp3) is 1.00. The van der Waals surface area contributed by atoms with E-state index in [4.69, 9.17) is 10.2 Å². The highest BCUT2D eigenvalue weighted by atomic mass is 19.3. The van der Waals surface area contributed by atoms with Gasteiger partial charge in [-0.3, -0.25) is 0 Å². The molecule has 0 aromatic heterocycles. The smallest absolute Gasteiger partial charge is 0.302 e. The van der Waals surface area contributed by atoms with Crippen molar-refractivity contribution in [3.8, 4) is 0 Å². The van der Waals surface area contributed by atoms with Gasteiger partial charge in [-0.25, -0.2) is 18.6 Å². The van der Waals surface area contributed by atoms with Gasteiger partial charge in [-0.15, -0.1) is 0 Å². The Labute approximate surface area is 61.3 Å². The molecule has 66 valence electrons. The first kappa shape index (κ1) is 8.79. The summed E-state index contributed by atoms with van der Waals surface area (Å²) in [6.45, 7) is -1.68. The summed E-state index contributed by atoms with van der Waals surface area (Å²) in [4.78, 5) is 8.18. The van der Waals surface area contributed by atoms with Gasteiger partial charge in [-0.1, -0.05) is 0 Å². The maximum Gasteiger partial charge on any atom is 0.302 e. The van der Waals surface area contributed by atoms with Gasteiger partial charge < -0.3 is 10.2 Å². The Morgan fingerprint density at radius 1 is 1.55 bits per heavy atom. The van der Waals surface area contributed by atoms with Crippen molar-refractivity contribution in [2.75, 3.05) is 13.2 Å². The summed E-state index contributed by atoms with van der Waals surface area (Å²) in [5.74, 6) is -3.34. The molecule has 1 saturated heterocycles. The third-order valence-electron chi connectivity index (χ3n) is 1.41. The van der Waals surface area contributed by atoms with E-state index in [9.17, 15) is 8.78 Å². The number of rotatable bonds is 1. The maximum atomic E-state index is 12.5. The van der Waals surface area contributed by atoms with E-state index in [1.807, 2.05) is 0 Å². The van der Waals surface area contributed by atoms with Crippen molar-refractivity contribution in [2.24, 2.45) is 0 Å². The van der Waals surface area contributed by atoms with Gasteiger partial charge in [0.05, 0.1) is 6.61 Å². The zero-order valence-electron chi connectivity index (χ0n) is 5.54. The molecular weight excluding hydrogens is 162 g/mol. The van der Waals surface area contributed by atoms with Crippen LogP contribution in [0.2, 0.25) is 0 Å². The molecule has 1 fully saturated rings. The lowest BCUT2D eigenvalue weighted by molar-refractivity contribution is -0.415. The molecule has 0 radical (unpaired) electrons. The highest BCUT2D eigenvalue weighted by Crippen LogP contribution is 2.27. The zero-order chi connectivity index (χ0) is 8.48. The van der Waals surface area contributed by atoms with Crippen LogP contribution >= 0.6 is 0 Å². The third-order valence-corrected chi connectivity index (χ3v) is 1.41. The molecule has 4 nitrogen and oxygen atoms in total. The minimum Gasteiger partial charge on any atom is -0.393 e. The van der Waals surface area contributed by atoms with E-state index in [0.717, 1.165) is 0 Å². The number of alkyl halides is 2. The molecular formula is C5H8F2O4. The molecule has 2 atom stereocenters. The van der Waals surface area contributed by atoms with E-state index in [-0.39, 0.29) is 0 Å². The average molecular weight is 170 g/mol. The Bertz CT molecular complexity index is 140. The predicted molar refractivity (Wildman–Crippen MR) is 28.9 cm³/mol. The quantitative estimate of drug-likeness (QED) is 0.511. The summed E-state index contributed by atoms with van der Waals surface area (Å²) in [5, 5.41) is 17.2. The van der Waals surface area contributed by atoms with Crippen molar-refractivity contribution < 1.29 is 28.8 Å². The van der Waals surface area contributed by atoms with Crippen LogP contribution in [0.3, 0.4) is 0 Å². The Morgan fingerprint density at radius 3 is 2.64 bits per heavy atom. The highest BCUT2D eigenvalue weighted by molar-refractivity contribution is 4.84. The van der Waals surface area contributed by atoms with E-state index < -0.39 is 31.3 Å². The molecule has 1 rings (SSSR count). The molecule has 2 N–H and O–H groups in total. The molecule has 11 heavy (non-hydrogen) atoms. The van der Waals surface area contributed by atoms with E-state index in [0.29, 0.717) is 0 Å². The summed E-state index contributed by atoms with van der Waals surface area (Å²) in [6, 6.07) is 0. The number of hydrogen-bond acceptors (Lipinski definition) is 4. The van der Waals surface area contributed by atoms with Gasteiger partial charge >= 0.3 is 5.92 Å². The van der Waals surface area contributed by atoms with Gasteiger partial charge in [0.25, 0.3) is 0 Å². The Balaban J connectivity index is 2.60. The number of halogens is 2. The van der Waals surface area contributed by atoms with Crippen LogP contribution in [0.15, 0.2) is 0 Å². The van der Waals surface area contributed by atoms with Gasteiger partial charge in [-0.2, -0.15) is 0 Å². The fourth-order valence-corrected chi connectivity index (χ4v) is 0.740. The molecule has 0 bridgehead atoms. The van der Waals surface area contributed by atoms with Crippen LogP contribution in [0.4, 0.5) is 8.78 Å². The topological polar surface area (TPSA) is 58.9 Å². The first-order chi connectivity index (χ1) is 5.08. The monoisotopic (exact) mass is 170 g/mol. The first-order valence-electron chi connectivity index (χ1n) is 3.03. The lowest BCUT2D eigenvalue weighted by atomic mass is 10.1. The van der Waals surface area contributed by atoms with Crippen LogP contribution in [0, 0.1) is 0 Å². The Hall–Kier alpha value is -0.300. The van der Waals surface area contributed by atoms with Crippen molar-refractivity contribution in [1.82, 2.24) is 0 Å². The van der Waals surface area contributed by atoms with Crippen molar-refractivity contribution in [3.05, 3.63) is 0 Å². The van der Waals surface area contributed by atoms with Crippen LogP contribution in [0.25, 0.3) is 0 Å². The Kier molecular flexibility index (Phi) is 2.38. The molecule has 0 aliphatic carbocycles. The standard InChI is InChI=1S/C5H8F2O4/c6-5(7)2-10-11-3(1-8)4(5)9/h3-4,8-9H,1-2H2/t3-,4?/m1/s1. The fourth-order valence-electron chi connectivity index (χ4n) is 0.740. The average Bonchev–Trinajstić information content (AvgIpc) is 1.95. The lowest BCUT2D eigenvalue weighted by Crippen LogP contribution is -2.52. The summed E-state index contributed by atoms with van der Waals surface area (Å²) in [5.41, 5.74) is 0. The second kappa shape index (κ2) is 2.98. The molecule has 0 aromatic carbocycles. The van der Waals surface area contributed by atoms with Crippen LogP contribution in [0.5, 0.6) is 0 Å². The normalized spacial score (nSPS) is 37.1. The van der Waals surface area contributed by atoms with Crippen molar-refractivity contribution in [1.29, 1.82) is 0 Å². The van der Waals surface area contributed by atoms with Gasteiger partial charge in [0, 0.05) is 0 Å². The molecule has 1 aliphatic heterocycles. The summed E-state index contributed by atoms with van der Waals surface area (Å²) < 4.78 is 24.9. The van der Waals surface area contributed by atoms with E-state index in [1.54, 1.807) is 0 Å². The molecule has 1 aliphatic rings. The van der Waals surface area contributed by atoms with Crippen LogP contribution in [-0.4, -0.2) is 41.6 Å². The highest BCUT2D eigenvalue weighted by Gasteiger charge is 2.48. The molecule has 0 amide bonds. The van der Waals surface area contributed by atoms with Gasteiger partial charge in [0.2, 0.25) is 0 Å². The minimum absolute atomic E-state index is 0.698. The molecule has 0 spiro atoms. The van der Waals surface area contributed by atoms with E-state index in [2.05, 4.69) is 9.78 Å². The van der Waals surface area contributed by atoms with E-state index in [1.165, 1.54) is 0 Å². The van der Waals surface area contributed by atoms with Crippen molar-refractivity contribution in [3.63, 3.8) is 0 Å². The molecule has 0 aromatic rings.